The molecule has 0 bridgehead atoms. The van der Waals surface area contributed by atoms with Crippen LogP contribution in [0.25, 0.3) is 11.0 Å². The Hall–Kier alpha value is -3.35. The molecule has 2 heterocycles. The van der Waals surface area contributed by atoms with Crippen molar-refractivity contribution in [2.75, 3.05) is 51.9 Å². The molecule has 0 radical (unpaired) electrons. The van der Waals surface area contributed by atoms with E-state index in [0.717, 1.165) is 4.57 Å². The maximum atomic E-state index is 13.9. The summed E-state index contributed by atoms with van der Waals surface area (Å²) >= 11 is 6.25. The lowest BCUT2D eigenvalue weighted by molar-refractivity contribution is -0.148. The molecule has 0 unspecified atom stereocenters. The molecule has 1 aliphatic heterocycles. The SMILES string of the molecule is COCCOc1cccc(Cl)c1C(=O)Nc1cccc2c1nc(C(F)(F)F)n2CC(=O)N1CCOCC1. The first kappa shape index (κ1) is 26.7. The van der Waals surface area contributed by atoms with Gasteiger partial charge < -0.3 is 29.0 Å². The molecule has 1 fully saturated rings. The van der Waals surface area contributed by atoms with Crippen LogP contribution in [0, 0.1) is 0 Å². The molecule has 37 heavy (non-hydrogen) atoms. The Kier molecular flexibility index (Phi) is 8.20. The van der Waals surface area contributed by atoms with Crippen LogP contribution >= 0.6 is 11.6 Å². The number of anilines is 1. The van der Waals surface area contributed by atoms with Gasteiger partial charge in [-0.25, -0.2) is 4.98 Å². The van der Waals surface area contributed by atoms with E-state index in [2.05, 4.69) is 10.3 Å². The van der Waals surface area contributed by atoms with Crippen LogP contribution in [0.2, 0.25) is 5.02 Å². The minimum Gasteiger partial charge on any atom is -0.490 e. The second-order valence-corrected chi connectivity index (χ2v) is 8.50. The molecular formula is C24H24ClF3N4O5. The van der Waals surface area contributed by atoms with E-state index in [9.17, 15) is 22.8 Å². The zero-order chi connectivity index (χ0) is 26.6. The first-order chi connectivity index (χ1) is 17.7. The lowest BCUT2D eigenvalue weighted by Gasteiger charge is -2.27. The summed E-state index contributed by atoms with van der Waals surface area (Å²) in [6, 6.07) is 8.94. The Labute approximate surface area is 215 Å². The van der Waals surface area contributed by atoms with E-state index in [-0.39, 0.29) is 46.3 Å². The third kappa shape index (κ3) is 5.97. The van der Waals surface area contributed by atoms with Gasteiger partial charge in [-0.15, -0.1) is 0 Å². The number of alkyl halides is 3. The molecule has 3 aromatic rings. The quantitative estimate of drug-likeness (QED) is 0.436. The van der Waals surface area contributed by atoms with Crippen molar-refractivity contribution >= 4 is 40.1 Å². The number of hydrogen-bond acceptors (Lipinski definition) is 6. The van der Waals surface area contributed by atoms with Crippen molar-refractivity contribution < 1.29 is 37.0 Å². The lowest BCUT2D eigenvalue weighted by Crippen LogP contribution is -2.42. The fourth-order valence-corrected chi connectivity index (χ4v) is 4.19. The van der Waals surface area contributed by atoms with Crippen molar-refractivity contribution in [2.24, 2.45) is 0 Å². The Bertz CT molecular complexity index is 1290. The summed E-state index contributed by atoms with van der Waals surface area (Å²) in [6.45, 7) is 1.08. The molecule has 0 saturated carbocycles. The molecule has 2 aromatic carbocycles. The molecule has 1 N–H and O–H groups in total. The summed E-state index contributed by atoms with van der Waals surface area (Å²) in [6.07, 6.45) is -4.84. The number of methoxy groups -OCH3 is 1. The molecule has 1 aromatic heterocycles. The number of fused-ring (bicyclic) bond motifs is 1. The minimum atomic E-state index is -4.84. The zero-order valence-electron chi connectivity index (χ0n) is 19.8. The van der Waals surface area contributed by atoms with Gasteiger partial charge in [0.2, 0.25) is 11.7 Å². The molecule has 9 nitrogen and oxygen atoms in total. The van der Waals surface area contributed by atoms with Crippen molar-refractivity contribution in [3.05, 3.63) is 52.8 Å². The average molecular weight is 541 g/mol. The van der Waals surface area contributed by atoms with E-state index in [1.54, 1.807) is 12.1 Å². The molecule has 0 aliphatic carbocycles. The maximum absolute atomic E-state index is 13.9. The molecule has 2 amide bonds. The number of nitrogens with zero attached hydrogens (tertiary/aromatic N) is 3. The van der Waals surface area contributed by atoms with Gasteiger partial charge >= 0.3 is 6.18 Å². The zero-order valence-corrected chi connectivity index (χ0v) is 20.6. The smallest absolute Gasteiger partial charge is 0.449 e. The highest BCUT2D eigenvalue weighted by atomic mass is 35.5. The molecule has 1 saturated heterocycles. The van der Waals surface area contributed by atoms with Crippen LogP contribution in [0.15, 0.2) is 36.4 Å². The van der Waals surface area contributed by atoms with Gasteiger partial charge in [-0.3, -0.25) is 9.59 Å². The van der Waals surface area contributed by atoms with Crippen LogP contribution in [0.4, 0.5) is 18.9 Å². The van der Waals surface area contributed by atoms with Crippen molar-refractivity contribution in [1.82, 2.24) is 14.5 Å². The maximum Gasteiger partial charge on any atom is 0.449 e. The largest absolute Gasteiger partial charge is 0.490 e. The highest BCUT2D eigenvalue weighted by Gasteiger charge is 2.39. The number of rotatable bonds is 8. The van der Waals surface area contributed by atoms with Crippen molar-refractivity contribution in [3.8, 4) is 5.75 Å². The molecule has 198 valence electrons. The van der Waals surface area contributed by atoms with Crippen molar-refractivity contribution in [1.29, 1.82) is 0 Å². The van der Waals surface area contributed by atoms with Gasteiger partial charge in [-0.2, -0.15) is 13.2 Å². The number of morpholine rings is 1. The highest BCUT2D eigenvalue weighted by Crippen LogP contribution is 2.35. The summed E-state index contributed by atoms with van der Waals surface area (Å²) in [4.78, 5) is 31.2. The van der Waals surface area contributed by atoms with Gasteiger partial charge in [0.1, 0.15) is 30.0 Å². The third-order valence-electron chi connectivity index (χ3n) is 5.69. The van der Waals surface area contributed by atoms with Crippen LogP contribution < -0.4 is 10.1 Å². The predicted molar refractivity (Wildman–Crippen MR) is 129 cm³/mol. The number of carbonyl (C=O) groups excluding carboxylic acids is 2. The van der Waals surface area contributed by atoms with Crippen LogP contribution in [-0.2, 0) is 27.0 Å². The van der Waals surface area contributed by atoms with Crippen LogP contribution in [0.5, 0.6) is 5.75 Å². The monoisotopic (exact) mass is 540 g/mol. The van der Waals surface area contributed by atoms with E-state index in [0.29, 0.717) is 26.3 Å². The minimum absolute atomic E-state index is 0.00949. The number of benzene rings is 2. The number of imidazole rings is 1. The number of para-hydroxylation sites is 1. The van der Waals surface area contributed by atoms with Gasteiger partial charge in [0, 0.05) is 20.2 Å². The summed E-state index contributed by atoms with van der Waals surface area (Å²) < 4.78 is 58.4. The molecule has 0 spiro atoms. The van der Waals surface area contributed by atoms with Gasteiger partial charge in [-0.05, 0) is 24.3 Å². The van der Waals surface area contributed by atoms with Crippen LogP contribution in [-0.4, -0.2) is 72.9 Å². The molecular weight excluding hydrogens is 517 g/mol. The average Bonchev–Trinajstić information content (AvgIpc) is 3.24. The number of halogens is 4. The standard InChI is InChI=1S/C24H24ClF3N4O5/c1-35-12-13-37-18-7-2-4-15(25)20(18)22(34)29-16-5-3-6-17-21(16)30-23(24(26,27)28)32(17)14-19(33)31-8-10-36-11-9-31/h2-7H,8-14H2,1H3,(H,29,34). The number of carbonyl (C=O) groups is 2. The molecule has 13 heteroatoms. The van der Waals surface area contributed by atoms with Gasteiger partial charge in [-0.1, -0.05) is 23.7 Å². The first-order valence-electron chi connectivity index (χ1n) is 11.3. The fraction of sp³-hybridized carbons (Fsp3) is 0.375. The normalized spacial score (nSPS) is 14.1. The van der Waals surface area contributed by atoms with Crippen molar-refractivity contribution in [2.45, 2.75) is 12.7 Å². The third-order valence-corrected chi connectivity index (χ3v) is 6.00. The second kappa shape index (κ2) is 11.4. The van der Waals surface area contributed by atoms with Crippen LogP contribution in [0.1, 0.15) is 16.2 Å². The number of aromatic nitrogens is 2. The Morgan fingerprint density at radius 1 is 1.14 bits per heavy atom. The number of hydrogen-bond donors (Lipinski definition) is 1. The lowest BCUT2D eigenvalue weighted by atomic mass is 10.1. The Morgan fingerprint density at radius 3 is 2.57 bits per heavy atom. The Balaban J connectivity index is 1.68. The first-order valence-corrected chi connectivity index (χ1v) is 11.7. The topological polar surface area (TPSA) is 94.9 Å². The fourth-order valence-electron chi connectivity index (χ4n) is 3.94. The number of nitrogens with one attached hydrogen (secondary N) is 1. The van der Waals surface area contributed by atoms with Crippen molar-refractivity contribution in [3.63, 3.8) is 0 Å². The number of ether oxygens (including phenoxy) is 3. The second-order valence-electron chi connectivity index (χ2n) is 8.09. The van der Waals surface area contributed by atoms with Gasteiger partial charge in [0.15, 0.2) is 0 Å². The molecule has 1 aliphatic rings. The Morgan fingerprint density at radius 2 is 1.86 bits per heavy atom. The molecule has 0 atom stereocenters. The highest BCUT2D eigenvalue weighted by molar-refractivity contribution is 6.35. The predicted octanol–water partition coefficient (Wildman–Crippen LogP) is 3.84. The van der Waals surface area contributed by atoms with E-state index >= 15 is 0 Å². The molecule has 4 rings (SSSR count). The van der Waals surface area contributed by atoms with Gasteiger partial charge in [0.25, 0.3) is 5.91 Å². The van der Waals surface area contributed by atoms with Crippen LogP contribution in [0.3, 0.4) is 0 Å². The summed E-state index contributed by atoms with van der Waals surface area (Å²) in [5.41, 5.74) is -0.0436. The van der Waals surface area contributed by atoms with Gasteiger partial charge in [0.05, 0.1) is 36.0 Å². The summed E-state index contributed by atoms with van der Waals surface area (Å²) in [5, 5.41) is 2.69. The van der Waals surface area contributed by atoms with E-state index in [1.807, 2.05) is 0 Å². The van der Waals surface area contributed by atoms with E-state index < -0.39 is 30.4 Å². The number of amides is 2. The van der Waals surface area contributed by atoms with E-state index in [4.69, 9.17) is 25.8 Å². The van der Waals surface area contributed by atoms with E-state index in [1.165, 1.54) is 36.3 Å². The summed E-state index contributed by atoms with van der Waals surface area (Å²) in [7, 11) is 1.50. The summed E-state index contributed by atoms with van der Waals surface area (Å²) in [5.74, 6) is -2.24.